The van der Waals surface area contributed by atoms with Gasteiger partial charge in [-0.3, -0.25) is 0 Å². The molecule has 2 rings (SSSR count). The van der Waals surface area contributed by atoms with Crippen LogP contribution in [0.3, 0.4) is 0 Å². The highest BCUT2D eigenvalue weighted by Gasteiger charge is 2.12. The van der Waals surface area contributed by atoms with Crippen LogP contribution in [-0.2, 0) is 0 Å². The first kappa shape index (κ1) is 14.3. The zero-order valence-corrected chi connectivity index (χ0v) is 11.5. The average molecular weight is 275 g/mol. The van der Waals surface area contributed by atoms with Crippen molar-refractivity contribution in [3.63, 3.8) is 0 Å². The second kappa shape index (κ2) is 5.92. The van der Waals surface area contributed by atoms with E-state index in [9.17, 15) is 14.6 Å². The van der Waals surface area contributed by atoms with Gasteiger partial charge in [0.2, 0.25) is 0 Å². The van der Waals surface area contributed by atoms with Crippen molar-refractivity contribution < 1.29 is 14.6 Å². The number of benzene rings is 2. The maximum Gasteiger partial charge on any atom is 0.123 e. The van der Waals surface area contributed by atoms with Crippen LogP contribution in [-0.4, -0.2) is 10.2 Å². The van der Waals surface area contributed by atoms with Crippen molar-refractivity contribution in [1.82, 2.24) is 5.32 Å². The van der Waals surface area contributed by atoms with Crippen LogP contribution in [0, 0.1) is 5.82 Å². The molecule has 2 atom stereocenters. The molecule has 0 aliphatic heterocycles. The lowest BCUT2D eigenvalue weighted by Crippen LogP contribution is -2.22. The van der Waals surface area contributed by atoms with Gasteiger partial charge in [-0.25, -0.2) is 4.39 Å². The zero-order chi connectivity index (χ0) is 14.7. The fourth-order valence-corrected chi connectivity index (χ4v) is 2.19. The standard InChI is InChI=1S/C16H18FNO2/c1-10(12-3-5-14(17)6-4-12)18-11(2)13-7-15(19)9-16(20)8-13/h3-11,18-20H,1-2H3. The fraction of sp³-hybridized carbons (Fsp3) is 0.250. The summed E-state index contributed by atoms with van der Waals surface area (Å²) >= 11 is 0. The van der Waals surface area contributed by atoms with E-state index >= 15 is 0 Å². The van der Waals surface area contributed by atoms with Gasteiger partial charge >= 0.3 is 0 Å². The fourth-order valence-electron chi connectivity index (χ4n) is 2.19. The number of aromatic hydroxyl groups is 2. The topological polar surface area (TPSA) is 52.5 Å². The molecule has 106 valence electrons. The van der Waals surface area contributed by atoms with Gasteiger partial charge in [0.1, 0.15) is 17.3 Å². The zero-order valence-electron chi connectivity index (χ0n) is 11.5. The van der Waals surface area contributed by atoms with Gasteiger partial charge in [0.25, 0.3) is 0 Å². The highest BCUT2D eigenvalue weighted by molar-refractivity contribution is 5.38. The van der Waals surface area contributed by atoms with Gasteiger partial charge in [0, 0.05) is 18.2 Å². The molecule has 3 nitrogen and oxygen atoms in total. The van der Waals surface area contributed by atoms with E-state index in [1.165, 1.54) is 18.2 Å². The van der Waals surface area contributed by atoms with Crippen LogP contribution in [0.5, 0.6) is 11.5 Å². The highest BCUT2D eigenvalue weighted by Crippen LogP contribution is 2.26. The summed E-state index contributed by atoms with van der Waals surface area (Å²) in [5.41, 5.74) is 1.76. The Hall–Kier alpha value is -2.07. The molecular formula is C16H18FNO2. The Labute approximate surface area is 117 Å². The van der Waals surface area contributed by atoms with E-state index in [2.05, 4.69) is 5.32 Å². The molecule has 0 radical (unpaired) electrons. The van der Waals surface area contributed by atoms with Crippen molar-refractivity contribution >= 4 is 0 Å². The van der Waals surface area contributed by atoms with Gasteiger partial charge in [0.05, 0.1) is 0 Å². The Morgan fingerprint density at radius 1 is 0.850 bits per heavy atom. The van der Waals surface area contributed by atoms with E-state index < -0.39 is 0 Å². The molecule has 2 aromatic carbocycles. The summed E-state index contributed by atoms with van der Waals surface area (Å²) in [5, 5.41) is 22.3. The summed E-state index contributed by atoms with van der Waals surface area (Å²) < 4.78 is 12.9. The van der Waals surface area contributed by atoms with E-state index in [1.807, 2.05) is 13.8 Å². The van der Waals surface area contributed by atoms with Crippen LogP contribution < -0.4 is 5.32 Å². The van der Waals surface area contributed by atoms with E-state index in [-0.39, 0.29) is 29.4 Å². The van der Waals surface area contributed by atoms with Crippen LogP contribution in [0.25, 0.3) is 0 Å². The average Bonchev–Trinajstić information content (AvgIpc) is 2.38. The number of phenols is 2. The van der Waals surface area contributed by atoms with Gasteiger partial charge in [0.15, 0.2) is 0 Å². The summed E-state index contributed by atoms with van der Waals surface area (Å²) in [5.74, 6) is -0.196. The number of phenolic OH excluding ortho intramolecular Hbond substituents is 2. The Morgan fingerprint density at radius 3 is 1.90 bits per heavy atom. The van der Waals surface area contributed by atoms with E-state index in [0.717, 1.165) is 11.1 Å². The smallest absolute Gasteiger partial charge is 0.123 e. The number of rotatable bonds is 4. The van der Waals surface area contributed by atoms with Gasteiger partial charge in [-0.15, -0.1) is 0 Å². The second-order valence-electron chi connectivity index (χ2n) is 4.94. The predicted octanol–water partition coefficient (Wildman–Crippen LogP) is 3.65. The molecular weight excluding hydrogens is 257 g/mol. The van der Waals surface area contributed by atoms with Crippen molar-refractivity contribution in [2.45, 2.75) is 25.9 Å². The van der Waals surface area contributed by atoms with Crippen molar-refractivity contribution in [1.29, 1.82) is 0 Å². The molecule has 2 unspecified atom stereocenters. The summed E-state index contributed by atoms with van der Waals surface area (Å²) in [4.78, 5) is 0. The molecule has 0 amide bonds. The minimum Gasteiger partial charge on any atom is -0.508 e. The van der Waals surface area contributed by atoms with E-state index in [1.54, 1.807) is 24.3 Å². The molecule has 2 aromatic rings. The third-order valence-corrected chi connectivity index (χ3v) is 3.29. The predicted molar refractivity (Wildman–Crippen MR) is 76.1 cm³/mol. The summed E-state index contributed by atoms with van der Waals surface area (Å²) in [7, 11) is 0. The van der Waals surface area contributed by atoms with Crippen LogP contribution in [0.15, 0.2) is 42.5 Å². The summed E-state index contributed by atoms with van der Waals surface area (Å²) in [6.07, 6.45) is 0. The summed E-state index contributed by atoms with van der Waals surface area (Å²) in [6.45, 7) is 3.92. The number of hydrogen-bond donors (Lipinski definition) is 3. The molecule has 0 spiro atoms. The van der Waals surface area contributed by atoms with Gasteiger partial charge in [-0.1, -0.05) is 12.1 Å². The first-order chi connectivity index (χ1) is 9.45. The van der Waals surface area contributed by atoms with Crippen LogP contribution in [0.1, 0.15) is 37.1 Å². The van der Waals surface area contributed by atoms with Gasteiger partial charge in [-0.2, -0.15) is 0 Å². The Morgan fingerprint density at radius 2 is 1.35 bits per heavy atom. The minimum atomic E-state index is -0.257. The number of nitrogens with one attached hydrogen (secondary N) is 1. The molecule has 0 saturated heterocycles. The quantitative estimate of drug-likeness (QED) is 0.798. The molecule has 0 aliphatic rings. The maximum atomic E-state index is 12.9. The molecule has 0 bridgehead atoms. The minimum absolute atomic E-state index is 0.0232. The van der Waals surface area contributed by atoms with Crippen LogP contribution in [0.4, 0.5) is 4.39 Å². The number of hydrogen-bond acceptors (Lipinski definition) is 3. The van der Waals surface area contributed by atoms with Crippen LogP contribution >= 0.6 is 0 Å². The van der Waals surface area contributed by atoms with Crippen molar-refractivity contribution in [3.05, 3.63) is 59.4 Å². The third kappa shape index (κ3) is 3.48. The monoisotopic (exact) mass is 275 g/mol. The lowest BCUT2D eigenvalue weighted by molar-refractivity contribution is 0.442. The number of halogens is 1. The van der Waals surface area contributed by atoms with Crippen molar-refractivity contribution in [2.75, 3.05) is 0 Å². The lowest BCUT2D eigenvalue weighted by Gasteiger charge is -2.21. The van der Waals surface area contributed by atoms with Crippen molar-refractivity contribution in [2.24, 2.45) is 0 Å². The molecule has 0 saturated carbocycles. The summed E-state index contributed by atoms with van der Waals surface area (Å²) in [6, 6.07) is 10.8. The largest absolute Gasteiger partial charge is 0.508 e. The Kier molecular flexibility index (Phi) is 4.25. The molecule has 0 aromatic heterocycles. The lowest BCUT2D eigenvalue weighted by atomic mass is 10.0. The molecule has 20 heavy (non-hydrogen) atoms. The molecule has 0 fully saturated rings. The second-order valence-corrected chi connectivity index (χ2v) is 4.94. The first-order valence-corrected chi connectivity index (χ1v) is 6.50. The SMILES string of the molecule is CC(NC(C)c1cc(O)cc(O)c1)c1ccc(F)cc1. The maximum absolute atomic E-state index is 12.9. The molecule has 0 heterocycles. The van der Waals surface area contributed by atoms with E-state index in [4.69, 9.17) is 0 Å². The van der Waals surface area contributed by atoms with Crippen molar-refractivity contribution in [3.8, 4) is 11.5 Å². The molecule has 4 heteroatoms. The molecule has 3 N–H and O–H groups in total. The molecule has 0 aliphatic carbocycles. The third-order valence-electron chi connectivity index (χ3n) is 3.29. The van der Waals surface area contributed by atoms with Gasteiger partial charge < -0.3 is 15.5 Å². The highest BCUT2D eigenvalue weighted by atomic mass is 19.1. The van der Waals surface area contributed by atoms with Crippen LogP contribution in [0.2, 0.25) is 0 Å². The Bertz CT molecular complexity index is 563. The normalized spacial score (nSPS) is 13.9. The van der Waals surface area contributed by atoms with Gasteiger partial charge in [-0.05, 0) is 49.2 Å². The Balaban J connectivity index is 2.10. The first-order valence-electron chi connectivity index (χ1n) is 6.50. The van der Waals surface area contributed by atoms with E-state index in [0.29, 0.717) is 0 Å².